The molecule has 2 nitrogen and oxygen atoms in total. The smallest absolute Gasteiger partial charge is 0.494 e. The SMILES string of the molecule is CCCCCCOc1ccc(-c2ccc(-c3ccc(OC(F)(F)F)cc3)c(F)c2)cc1. The van der Waals surface area contributed by atoms with Gasteiger partial charge < -0.3 is 9.47 Å². The molecule has 3 aromatic carbocycles. The molecule has 0 atom stereocenters. The summed E-state index contributed by atoms with van der Waals surface area (Å²) in [6, 6.07) is 17.4. The zero-order valence-electron chi connectivity index (χ0n) is 17.2. The predicted octanol–water partition coefficient (Wildman–Crippen LogP) is 8.02. The lowest BCUT2D eigenvalue weighted by Gasteiger charge is -2.11. The van der Waals surface area contributed by atoms with Gasteiger partial charge >= 0.3 is 6.36 Å². The minimum Gasteiger partial charge on any atom is -0.494 e. The second kappa shape index (κ2) is 10.3. The molecule has 0 radical (unpaired) electrons. The van der Waals surface area contributed by atoms with Gasteiger partial charge in [0.2, 0.25) is 0 Å². The monoisotopic (exact) mass is 432 g/mol. The summed E-state index contributed by atoms with van der Waals surface area (Å²) >= 11 is 0. The Labute approximate surface area is 179 Å². The highest BCUT2D eigenvalue weighted by Crippen LogP contribution is 2.31. The molecule has 3 rings (SSSR count). The maximum atomic E-state index is 14.7. The number of alkyl halides is 3. The molecule has 0 saturated heterocycles. The molecule has 6 heteroatoms. The van der Waals surface area contributed by atoms with Crippen molar-refractivity contribution in [2.45, 2.75) is 39.0 Å². The molecule has 0 saturated carbocycles. The zero-order chi connectivity index (χ0) is 22.3. The highest BCUT2D eigenvalue weighted by Gasteiger charge is 2.31. The second-order valence-electron chi connectivity index (χ2n) is 7.20. The van der Waals surface area contributed by atoms with Gasteiger partial charge in [-0.3, -0.25) is 0 Å². The van der Waals surface area contributed by atoms with E-state index in [9.17, 15) is 17.6 Å². The summed E-state index contributed by atoms with van der Waals surface area (Å²) in [5.41, 5.74) is 2.31. The Kier molecular flexibility index (Phi) is 7.55. The Hall–Kier alpha value is -3.02. The van der Waals surface area contributed by atoms with Crippen molar-refractivity contribution in [2.24, 2.45) is 0 Å². The summed E-state index contributed by atoms with van der Waals surface area (Å²) in [6.45, 7) is 2.84. The van der Waals surface area contributed by atoms with E-state index in [4.69, 9.17) is 4.74 Å². The van der Waals surface area contributed by atoms with E-state index in [1.54, 1.807) is 12.1 Å². The second-order valence-corrected chi connectivity index (χ2v) is 7.20. The van der Waals surface area contributed by atoms with Crippen LogP contribution in [-0.2, 0) is 0 Å². The van der Waals surface area contributed by atoms with Gasteiger partial charge in [0.05, 0.1) is 6.61 Å². The van der Waals surface area contributed by atoms with Crippen molar-refractivity contribution in [1.82, 2.24) is 0 Å². The fraction of sp³-hybridized carbons (Fsp3) is 0.280. The van der Waals surface area contributed by atoms with Crippen molar-refractivity contribution in [3.8, 4) is 33.8 Å². The van der Waals surface area contributed by atoms with Crippen LogP contribution < -0.4 is 9.47 Å². The van der Waals surface area contributed by atoms with E-state index >= 15 is 0 Å². The van der Waals surface area contributed by atoms with Gasteiger partial charge in [-0.1, -0.05) is 62.6 Å². The van der Waals surface area contributed by atoms with Crippen LogP contribution >= 0.6 is 0 Å². The number of benzene rings is 3. The molecule has 0 amide bonds. The highest BCUT2D eigenvalue weighted by molar-refractivity contribution is 5.71. The quantitative estimate of drug-likeness (QED) is 0.252. The van der Waals surface area contributed by atoms with E-state index in [1.165, 1.54) is 31.0 Å². The van der Waals surface area contributed by atoms with E-state index in [2.05, 4.69) is 11.7 Å². The van der Waals surface area contributed by atoms with Crippen LogP contribution in [0.25, 0.3) is 22.3 Å². The Morgan fingerprint density at radius 2 is 1.32 bits per heavy atom. The molecule has 0 spiro atoms. The lowest BCUT2D eigenvalue weighted by Crippen LogP contribution is -2.16. The fourth-order valence-electron chi connectivity index (χ4n) is 3.23. The minimum atomic E-state index is -4.76. The number of rotatable bonds is 9. The summed E-state index contributed by atoms with van der Waals surface area (Å²) in [4.78, 5) is 0. The number of ether oxygens (including phenoxy) is 2. The van der Waals surface area contributed by atoms with Crippen molar-refractivity contribution in [1.29, 1.82) is 0 Å². The largest absolute Gasteiger partial charge is 0.573 e. The van der Waals surface area contributed by atoms with Crippen molar-refractivity contribution in [3.05, 3.63) is 72.5 Å². The lowest BCUT2D eigenvalue weighted by atomic mass is 9.99. The van der Waals surface area contributed by atoms with Crippen LogP contribution in [0.4, 0.5) is 17.6 Å². The normalized spacial score (nSPS) is 11.4. The van der Waals surface area contributed by atoms with Crippen LogP contribution in [0, 0.1) is 5.82 Å². The van der Waals surface area contributed by atoms with Crippen LogP contribution in [0.5, 0.6) is 11.5 Å². The molecule has 31 heavy (non-hydrogen) atoms. The van der Waals surface area contributed by atoms with Gasteiger partial charge in [-0.25, -0.2) is 4.39 Å². The highest BCUT2D eigenvalue weighted by atomic mass is 19.4. The molecule has 0 aliphatic rings. The summed E-state index contributed by atoms with van der Waals surface area (Å²) in [5, 5.41) is 0. The van der Waals surface area contributed by atoms with Crippen LogP contribution in [0.1, 0.15) is 32.6 Å². The van der Waals surface area contributed by atoms with Gasteiger partial charge in [-0.15, -0.1) is 13.2 Å². The molecule has 0 heterocycles. The molecule has 0 N–H and O–H groups in total. The van der Waals surface area contributed by atoms with Crippen LogP contribution in [0.3, 0.4) is 0 Å². The molecule has 0 aromatic heterocycles. The predicted molar refractivity (Wildman–Crippen MR) is 114 cm³/mol. The van der Waals surface area contributed by atoms with E-state index in [1.807, 2.05) is 24.3 Å². The Morgan fingerprint density at radius 1 is 0.710 bits per heavy atom. The van der Waals surface area contributed by atoms with E-state index in [0.29, 0.717) is 23.3 Å². The third-order valence-electron chi connectivity index (χ3n) is 4.82. The maximum Gasteiger partial charge on any atom is 0.573 e. The molecule has 0 fully saturated rings. The Morgan fingerprint density at radius 3 is 1.94 bits per heavy atom. The molecular weight excluding hydrogens is 408 g/mol. The third kappa shape index (κ3) is 6.74. The fourth-order valence-corrected chi connectivity index (χ4v) is 3.23. The van der Waals surface area contributed by atoms with Gasteiger partial charge in [0, 0.05) is 5.56 Å². The number of hydrogen-bond acceptors (Lipinski definition) is 2. The van der Waals surface area contributed by atoms with Crippen molar-refractivity contribution in [2.75, 3.05) is 6.61 Å². The summed E-state index contributed by atoms with van der Waals surface area (Å²) in [6.07, 6.45) is -0.203. The molecular formula is C25H24F4O2. The Bertz CT molecular complexity index is 964. The first-order chi connectivity index (χ1) is 14.9. The summed E-state index contributed by atoms with van der Waals surface area (Å²) in [5.74, 6) is -0.0299. The van der Waals surface area contributed by atoms with E-state index in [-0.39, 0.29) is 5.75 Å². The molecule has 164 valence electrons. The first kappa shape index (κ1) is 22.7. The summed E-state index contributed by atoms with van der Waals surface area (Å²) < 4.78 is 61.1. The Balaban J connectivity index is 1.66. The van der Waals surface area contributed by atoms with Gasteiger partial charge in [0.25, 0.3) is 0 Å². The van der Waals surface area contributed by atoms with Gasteiger partial charge in [-0.2, -0.15) is 0 Å². The van der Waals surface area contributed by atoms with Crippen molar-refractivity contribution < 1.29 is 27.0 Å². The molecule has 0 aliphatic carbocycles. The van der Waals surface area contributed by atoms with E-state index < -0.39 is 12.2 Å². The minimum absolute atomic E-state index is 0.300. The zero-order valence-corrected chi connectivity index (χ0v) is 17.2. The van der Waals surface area contributed by atoms with Crippen molar-refractivity contribution >= 4 is 0 Å². The summed E-state index contributed by atoms with van der Waals surface area (Å²) in [7, 11) is 0. The van der Waals surface area contributed by atoms with Crippen LogP contribution in [-0.4, -0.2) is 13.0 Å². The van der Waals surface area contributed by atoms with Gasteiger partial charge in [0.1, 0.15) is 17.3 Å². The maximum absolute atomic E-state index is 14.7. The van der Waals surface area contributed by atoms with Gasteiger partial charge in [0.15, 0.2) is 0 Å². The molecule has 0 unspecified atom stereocenters. The lowest BCUT2D eigenvalue weighted by molar-refractivity contribution is -0.274. The number of unbranched alkanes of at least 4 members (excludes halogenated alkanes) is 3. The van der Waals surface area contributed by atoms with Crippen LogP contribution in [0.15, 0.2) is 66.7 Å². The molecule has 3 aromatic rings. The molecule has 0 bridgehead atoms. The van der Waals surface area contributed by atoms with Gasteiger partial charge in [-0.05, 0) is 53.4 Å². The van der Waals surface area contributed by atoms with Crippen LogP contribution in [0.2, 0.25) is 0 Å². The first-order valence-corrected chi connectivity index (χ1v) is 10.2. The molecule has 0 aliphatic heterocycles. The third-order valence-corrected chi connectivity index (χ3v) is 4.82. The standard InChI is InChI=1S/C25H24F4O2/c1-2-3-4-5-16-30-21-11-6-18(7-12-21)20-10-15-23(24(26)17-20)19-8-13-22(14-9-19)31-25(27,28)29/h6-15,17H,2-5,16H2,1H3. The van der Waals surface area contributed by atoms with E-state index in [0.717, 1.165) is 36.3 Å². The van der Waals surface area contributed by atoms with Crippen molar-refractivity contribution in [3.63, 3.8) is 0 Å². The first-order valence-electron chi connectivity index (χ1n) is 10.2. The number of hydrogen-bond donors (Lipinski definition) is 0. The average Bonchev–Trinajstić information content (AvgIpc) is 2.74. The number of halogens is 4. The average molecular weight is 432 g/mol. The topological polar surface area (TPSA) is 18.5 Å².